The maximum absolute atomic E-state index is 12.7. The van der Waals surface area contributed by atoms with Crippen LogP contribution in [0.5, 0.6) is 0 Å². The fourth-order valence-electron chi connectivity index (χ4n) is 3.77. The summed E-state index contributed by atoms with van der Waals surface area (Å²) >= 11 is 1.76. The number of hydrogen-bond donors (Lipinski definition) is 2. The van der Waals surface area contributed by atoms with E-state index in [1.807, 2.05) is 37.8 Å². The topological polar surface area (TPSA) is 74.3 Å². The molecule has 1 aromatic heterocycles. The smallest absolute Gasteiger partial charge is 0.321 e. The minimum Gasteiger partial charge on any atom is -0.347 e. The minimum atomic E-state index is -0.249. The average Bonchev–Trinajstić information content (AvgIpc) is 3.24. The summed E-state index contributed by atoms with van der Waals surface area (Å²) in [5.41, 5.74) is 2.08. The Kier molecular flexibility index (Phi) is 6.46. The molecule has 1 aliphatic heterocycles. The van der Waals surface area contributed by atoms with Gasteiger partial charge in [0.1, 0.15) is 0 Å². The molecule has 3 aromatic rings. The zero-order valence-electron chi connectivity index (χ0n) is 18.9. The van der Waals surface area contributed by atoms with Gasteiger partial charge in [0.25, 0.3) is 5.91 Å². The Labute approximate surface area is 193 Å². The van der Waals surface area contributed by atoms with Gasteiger partial charge in [-0.1, -0.05) is 19.1 Å². The maximum Gasteiger partial charge on any atom is 0.321 e. The van der Waals surface area contributed by atoms with Gasteiger partial charge in [-0.25, -0.2) is 9.78 Å². The Bertz CT molecular complexity index is 1070. The number of thiazole rings is 1. The summed E-state index contributed by atoms with van der Waals surface area (Å²) in [6.07, 6.45) is 2.68. The molecule has 4 rings (SSSR count). The molecule has 0 spiro atoms. The van der Waals surface area contributed by atoms with Crippen LogP contribution in [0, 0.1) is 0 Å². The van der Waals surface area contributed by atoms with E-state index in [1.54, 1.807) is 35.6 Å². The summed E-state index contributed by atoms with van der Waals surface area (Å²) in [6.45, 7) is 7.46. The molecule has 0 aliphatic carbocycles. The van der Waals surface area contributed by atoms with Crippen molar-refractivity contribution in [1.29, 1.82) is 0 Å². The quantitative estimate of drug-likeness (QED) is 0.529. The number of amides is 3. The number of para-hydroxylation sites is 1. The second-order valence-corrected chi connectivity index (χ2v) is 10.0. The van der Waals surface area contributed by atoms with Crippen LogP contribution in [0.15, 0.2) is 48.5 Å². The molecule has 2 N–H and O–H groups in total. The number of rotatable bonds is 5. The Morgan fingerprint density at radius 1 is 1.09 bits per heavy atom. The highest BCUT2D eigenvalue weighted by Gasteiger charge is 2.26. The van der Waals surface area contributed by atoms with Crippen LogP contribution in [0.3, 0.4) is 0 Å². The van der Waals surface area contributed by atoms with Crippen molar-refractivity contribution in [2.75, 3.05) is 18.4 Å². The fraction of sp³-hybridized carbons (Fsp3) is 0.400. The number of benzene rings is 2. The molecule has 2 heterocycles. The third kappa shape index (κ3) is 5.10. The molecule has 3 amide bonds. The van der Waals surface area contributed by atoms with Gasteiger partial charge in [-0.3, -0.25) is 4.79 Å². The van der Waals surface area contributed by atoms with Crippen molar-refractivity contribution >= 4 is 39.2 Å². The molecule has 0 saturated carbocycles. The number of fused-ring (bicyclic) bond motifs is 1. The number of nitrogens with zero attached hydrogens (tertiary/aromatic N) is 2. The first-order chi connectivity index (χ1) is 15.3. The van der Waals surface area contributed by atoms with Gasteiger partial charge in [0, 0.05) is 35.8 Å². The number of nitrogens with one attached hydrogen (secondary N) is 2. The van der Waals surface area contributed by atoms with Crippen molar-refractivity contribution in [3.05, 3.63) is 59.1 Å². The number of likely N-dealkylation sites (tertiary alicyclic amines) is 1. The Balaban J connectivity index is 1.30. The van der Waals surface area contributed by atoms with Crippen LogP contribution in [0.1, 0.15) is 61.3 Å². The van der Waals surface area contributed by atoms with E-state index in [2.05, 4.69) is 22.8 Å². The molecule has 1 fully saturated rings. The van der Waals surface area contributed by atoms with Crippen LogP contribution in [0.4, 0.5) is 10.5 Å². The SMILES string of the molecule is CCC(C)(C)NC(=O)c1ccc(NC(=O)N2CCC(c3nc4ccccc4s3)CC2)cc1. The van der Waals surface area contributed by atoms with Gasteiger partial charge >= 0.3 is 6.03 Å². The third-order valence-corrected chi connectivity index (χ3v) is 7.37. The molecule has 0 radical (unpaired) electrons. The van der Waals surface area contributed by atoms with E-state index in [0.29, 0.717) is 30.3 Å². The van der Waals surface area contributed by atoms with E-state index in [0.717, 1.165) is 24.8 Å². The number of urea groups is 1. The van der Waals surface area contributed by atoms with Crippen LogP contribution in [-0.4, -0.2) is 40.5 Å². The summed E-state index contributed by atoms with van der Waals surface area (Å²) in [7, 11) is 0. The van der Waals surface area contributed by atoms with Crippen molar-refractivity contribution in [3.8, 4) is 0 Å². The van der Waals surface area contributed by atoms with E-state index in [4.69, 9.17) is 4.98 Å². The molecule has 2 aromatic carbocycles. The van der Waals surface area contributed by atoms with Crippen LogP contribution < -0.4 is 10.6 Å². The summed E-state index contributed by atoms with van der Waals surface area (Å²) in [5, 5.41) is 7.15. The van der Waals surface area contributed by atoms with Gasteiger partial charge in [0.2, 0.25) is 0 Å². The number of carbonyl (C=O) groups is 2. The Morgan fingerprint density at radius 3 is 2.44 bits per heavy atom. The number of piperidine rings is 1. The van der Waals surface area contributed by atoms with Gasteiger partial charge in [0.15, 0.2) is 0 Å². The Hall–Kier alpha value is -2.93. The van der Waals surface area contributed by atoms with Crippen molar-refractivity contribution < 1.29 is 9.59 Å². The molecule has 6 nitrogen and oxygen atoms in total. The largest absolute Gasteiger partial charge is 0.347 e. The lowest BCUT2D eigenvalue weighted by atomic mass is 9.98. The lowest BCUT2D eigenvalue weighted by Gasteiger charge is -2.31. The second-order valence-electron chi connectivity index (χ2n) is 8.98. The van der Waals surface area contributed by atoms with E-state index >= 15 is 0 Å². The molecule has 0 atom stereocenters. The van der Waals surface area contributed by atoms with Crippen molar-refractivity contribution in [2.24, 2.45) is 0 Å². The summed E-state index contributed by atoms with van der Waals surface area (Å²) in [4.78, 5) is 31.8. The zero-order valence-corrected chi connectivity index (χ0v) is 19.7. The third-order valence-electron chi connectivity index (χ3n) is 6.18. The van der Waals surface area contributed by atoms with Crippen LogP contribution in [-0.2, 0) is 0 Å². The van der Waals surface area contributed by atoms with E-state index in [1.165, 1.54) is 9.71 Å². The summed E-state index contributed by atoms with van der Waals surface area (Å²) in [5.74, 6) is 0.299. The zero-order chi connectivity index (χ0) is 22.7. The number of hydrogen-bond acceptors (Lipinski definition) is 4. The van der Waals surface area contributed by atoms with Gasteiger partial charge < -0.3 is 15.5 Å². The lowest BCUT2D eigenvalue weighted by Crippen LogP contribution is -2.42. The van der Waals surface area contributed by atoms with Crippen LogP contribution in [0.25, 0.3) is 10.2 Å². The molecule has 32 heavy (non-hydrogen) atoms. The normalized spacial score (nSPS) is 15.0. The molecule has 1 aliphatic rings. The van der Waals surface area contributed by atoms with Crippen LogP contribution >= 0.6 is 11.3 Å². The molecule has 168 valence electrons. The molecule has 7 heteroatoms. The van der Waals surface area contributed by atoms with Crippen LogP contribution in [0.2, 0.25) is 0 Å². The van der Waals surface area contributed by atoms with E-state index < -0.39 is 0 Å². The number of carbonyl (C=O) groups excluding carboxylic acids is 2. The first-order valence-electron chi connectivity index (χ1n) is 11.2. The highest BCUT2D eigenvalue weighted by Crippen LogP contribution is 2.33. The molecule has 0 bridgehead atoms. The standard InChI is InChI=1S/C25H30N4O2S/c1-4-25(2,3)28-22(30)17-9-11-19(12-10-17)26-24(31)29-15-13-18(14-16-29)23-27-20-7-5-6-8-21(20)32-23/h5-12,18H,4,13-16H2,1-3H3,(H,26,31)(H,28,30). The van der Waals surface area contributed by atoms with Gasteiger partial charge in [-0.2, -0.15) is 0 Å². The highest BCUT2D eigenvalue weighted by atomic mass is 32.1. The van der Waals surface area contributed by atoms with Crippen molar-refractivity contribution in [1.82, 2.24) is 15.2 Å². The molecular formula is C25H30N4O2S. The molecule has 0 unspecified atom stereocenters. The van der Waals surface area contributed by atoms with Crippen molar-refractivity contribution in [3.63, 3.8) is 0 Å². The van der Waals surface area contributed by atoms with Gasteiger partial charge in [0.05, 0.1) is 15.2 Å². The first kappa shape index (κ1) is 22.3. The predicted molar refractivity (Wildman–Crippen MR) is 130 cm³/mol. The van der Waals surface area contributed by atoms with E-state index in [-0.39, 0.29) is 17.5 Å². The number of aromatic nitrogens is 1. The van der Waals surface area contributed by atoms with E-state index in [9.17, 15) is 9.59 Å². The highest BCUT2D eigenvalue weighted by molar-refractivity contribution is 7.18. The second kappa shape index (κ2) is 9.28. The Morgan fingerprint density at radius 2 is 1.78 bits per heavy atom. The number of anilines is 1. The maximum atomic E-state index is 12.7. The summed E-state index contributed by atoms with van der Waals surface area (Å²) < 4.78 is 1.22. The monoisotopic (exact) mass is 450 g/mol. The molecular weight excluding hydrogens is 420 g/mol. The summed E-state index contributed by atoms with van der Waals surface area (Å²) in [6, 6.07) is 15.2. The van der Waals surface area contributed by atoms with Crippen molar-refractivity contribution in [2.45, 2.75) is 51.5 Å². The van der Waals surface area contributed by atoms with Gasteiger partial charge in [-0.15, -0.1) is 11.3 Å². The average molecular weight is 451 g/mol. The minimum absolute atomic E-state index is 0.0999. The van der Waals surface area contributed by atoms with Gasteiger partial charge in [-0.05, 0) is 69.5 Å². The lowest BCUT2D eigenvalue weighted by molar-refractivity contribution is 0.0911. The molecule has 1 saturated heterocycles. The fourth-order valence-corrected chi connectivity index (χ4v) is 4.91. The predicted octanol–water partition coefficient (Wildman–Crippen LogP) is 5.63. The first-order valence-corrected chi connectivity index (χ1v) is 12.0.